The molecule has 8 heteroatoms. The number of aliphatic carboxylic acids is 1. The molecule has 2 amide bonds. The van der Waals surface area contributed by atoms with Crippen LogP contribution in [0.4, 0.5) is 4.79 Å². The molecule has 8 nitrogen and oxygen atoms in total. The van der Waals surface area contributed by atoms with E-state index in [-0.39, 0.29) is 6.03 Å². The number of carboxylic acids is 1. The first-order valence-corrected chi connectivity index (χ1v) is 6.71. The highest BCUT2D eigenvalue weighted by Gasteiger charge is 2.30. The minimum Gasteiger partial charge on any atom is -0.480 e. The van der Waals surface area contributed by atoms with E-state index >= 15 is 0 Å². The second kappa shape index (κ2) is 6.88. The van der Waals surface area contributed by atoms with Crippen LogP contribution in [-0.4, -0.2) is 51.3 Å². The van der Waals surface area contributed by atoms with Gasteiger partial charge in [-0.3, -0.25) is 0 Å². The molecule has 1 unspecified atom stereocenters. The van der Waals surface area contributed by atoms with Crippen molar-refractivity contribution in [3.8, 4) is 0 Å². The van der Waals surface area contributed by atoms with E-state index in [9.17, 15) is 14.7 Å². The number of carbonyl (C=O) groups is 2. The Bertz CT molecular complexity index is 448. The van der Waals surface area contributed by atoms with Gasteiger partial charge in [0.25, 0.3) is 0 Å². The minimum absolute atomic E-state index is 0.337. The molecular weight excluding hydrogens is 264 g/mol. The van der Waals surface area contributed by atoms with Crippen LogP contribution in [0.5, 0.6) is 0 Å². The molecule has 1 fully saturated rings. The molecular formula is C12H18N4O4. The molecule has 0 bridgehead atoms. The number of aromatic nitrogens is 2. The van der Waals surface area contributed by atoms with Gasteiger partial charge < -0.3 is 19.8 Å². The lowest BCUT2D eigenvalue weighted by atomic mass is 10.1. The predicted octanol–water partition coefficient (Wildman–Crippen LogP) is 0.651. The molecule has 1 aliphatic heterocycles. The first-order chi connectivity index (χ1) is 9.68. The average Bonchev–Trinajstić information content (AvgIpc) is 2.80. The summed E-state index contributed by atoms with van der Waals surface area (Å²) < 4.78 is 4.82. The Balaban J connectivity index is 1.86. The Morgan fingerprint density at radius 1 is 1.45 bits per heavy atom. The van der Waals surface area contributed by atoms with Gasteiger partial charge in [0.1, 0.15) is 6.04 Å². The van der Waals surface area contributed by atoms with Gasteiger partial charge in [-0.25, -0.2) is 9.59 Å². The highest BCUT2D eigenvalue weighted by atomic mass is 16.5. The maximum atomic E-state index is 12.1. The summed E-state index contributed by atoms with van der Waals surface area (Å²) >= 11 is 0. The zero-order valence-corrected chi connectivity index (χ0v) is 11.1. The van der Waals surface area contributed by atoms with Gasteiger partial charge in [0.15, 0.2) is 6.33 Å². The number of urea groups is 1. The van der Waals surface area contributed by atoms with Crippen molar-refractivity contribution in [2.24, 2.45) is 0 Å². The topological polar surface area (TPSA) is 109 Å². The lowest BCUT2D eigenvalue weighted by Gasteiger charge is -2.26. The van der Waals surface area contributed by atoms with E-state index in [0.29, 0.717) is 31.8 Å². The molecule has 1 saturated heterocycles. The van der Waals surface area contributed by atoms with Crippen molar-refractivity contribution in [3.63, 3.8) is 0 Å². The van der Waals surface area contributed by atoms with Crippen molar-refractivity contribution in [2.45, 2.75) is 38.1 Å². The largest absolute Gasteiger partial charge is 0.480 e. The predicted molar refractivity (Wildman–Crippen MR) is 68.0 cm³/mol. The summed E-state index contributed by atoms with van der Waals surface area (Å²) in [6.45, 7) is 0.813. The van der Waals surface area contributed by atoms with Crippen molar-refractivity contribution in [1.82, 2.24) is 20.4 Å². The normalized spacial score (nSPS) is 19.4. The van der Waals surface area contributed by atoms with E-state index in [0.717, 1.165) is 19.3 Å². The molecule has 1 aromatic rings. The Kier molecular flexibility index (Phi) is 4.91. The fourth-order valence-electron chi connectivity index (χ4n) is 2.29. The van der Waals surface area contributed by atoms with Crippen LogP contribution in [0.1, 0.15) is 31.6 Å². The zero-order valence-electron chi connectivity index (χ0n) is 11.1. The van der Waals surface area contributed by atoms with Gasteiger partial charge in [-0.15, -0.1) is 0 Å². The van der Waals surface area contributed by atoms with Crippen LogP contribution in [0.25, 0.3) is 0 Å². The summed E-state index contributed by atoms with van der Waals surface area (Å²) in [7, 11) is 0. The van der Waals surface area contributed by atoms with Gasteiger partial charge in [-0.2, -0.15) is 4.98 Å². The van der Waals surface area contributed by atoms with Gasteiger partial charge in [0, 0.05) is 19.5 Å². The second-order valence-electron chi connectivity index (χ2n) is 4.71. The molecule has 0 spiro atoms. The van der Waals surface area contributed by atoms with Gasteiger partial charge in [0.05, 0.1) is 0 Å². The third-order valence-electron chi connectivity index (χ3n) is 3.32. The molecule has 2 heterocycles. The summed E-state index contributed by atoms with van der Waals surface area (Å²) in [5, 5.41) is 15.4. The van der Waals surface area contributed by atoms with Crippen LogP contribution in [0.15, 0.2) is 10.9 Å². The van der Waals surface area contributed by atoms with Gasteiger partial charge >= 0.3 is 12.0 Å². The number of likely N-dealkylation sites (tertiary alicyclic amines) is 1. The summed E-state index contributed by atoms with van der Waals surface area (Å²) in [6, 6.07) is -1.08. The van der Waals surface area contributed by atoms with Gasteiger partial charge in [-0.1, -0.05) is 18.0 Å². The third-order valence-corrected chi connectivity index (χ3v) is 3.32. The monoisotopic (exact) mass is 282 g/mol. The van der Waals surface area contributed by atoms with Crippen molar-refractivity contribution >= 4 is 12.0 Å². The van der Waals surface area contributed by atoms with E-state index < -0.39 is 12.0 Å². The van der Waals surface area contributed by atoms with E-state index in [2.05, 4.69) is 15.5 Å². The highest BCUT2D eigenvalue weighted by Crippen LogP contribution is 2.17. The summed E-state index contributed by atoms with van der Waals surface area (Å²) in [5.41, 5.74) is 0. The third kappa shape index (κ3) is 3.69. The Morgan fingerprint density at radius 3 is 3.00 bits per heavy atom. The number of rotatable bonds is 4. The number of amides is 2. The Hall–Kier alpha value is -2.12. The van der Waals surface area contributed by atoms with E-state index in [1.165, 1.54) is 11.2 Å². The molecule has 1 aromatic heterocycles. The van der Waals surface area contributed by atoms with Crippen LogP contribution in [-0.2, 0) is 11.2 Å². The number of nitrogens with one attached hydrogen (secondary N) is 1. The van der Waals surface area contributed by atoms with Crippen LogP contribution in [0.3, 0.4) is 0 Å². The SMILES string of the molecule is O=C(O)C1CCCCCN1C(=O)NCCc1ncno1. The lowest BCUT2D eigenvalue weighted by molar-refractivity contribution is -0.142. The number of nitrogens with zero attached hydrogens (tertiary/aromatic N) is 3. The zero-order chi connectivity index (χ0) is 14.4. The number of carbonyl (C=O) groups excluding carboxylic acids is 1. The number of carboxylic acid groups (broad SMARTS) is 1. The summed E-state index contributed by atoms with van der Waals surface area (Å²) in [4.78, 5) is 28.6. The molecule has 0 aromatic carbocycles. The average molecular weight is 282 g/mol. The second-order valence-corrected chi connectivity index (χ2v) is 4.71. The van der Waals surface area contributed by atoms with Crippen LogP contribution in [0.2, 0.25) is 0 Å². The lowest BCUT2D eigenvalue weighted by Crippen LogP contribution is -2.49. The van der Waals surface area contributed by atoms with Gasteiger partial charge in [-0.05, 0) is 12.8 Å². The van der Waals surface area contributed by atoms with E-state index in [4.69, 9.17) is 4.52 Å². The van der Waals surface area contributed by atoms with Crippen LogP contribution < -0.4 is 5.32 Å². The maximum absolute atomic E-state index is 12.1. The van der Waals surface area contributed by atoms with Crippen LogP contribution in [0, 0.1) is 0 Å². The molecule has 2 rings (SSSR count). The minimum atomic E-state index is -0.945. The molecule has 20 heavy (non-hydrogen) atoms. The fourth-order valence-corrected chi connectivity index (χ4v) is 2.29. The fraction of sp³-hybridized carbons (Fsp3) is 0.667. The first-order valence-electron chi connectivity index (χ1n) is 6.71. The molecule has 0 aliphatic carbocycles. The molecule has 0 saturated carbocycles. The first kappa shape index (κ1) is 14.3. The van der Waals surface area contributed by atoms with Gasteiger partial charge in [0.2, 0.25) is 5.89 Å². The highest BCUT2D eigenvalue weighted by molar-refractivity contribution is 5.82. The summed E-state index contributed by atoms with van der Waals surface area (Å²) in [6.07, 6.45) is 4.86. The van der Waals surface area contributed by atoms with Crippen LogP contribution >= 0.6 is 0 Å². The molecule has 0 radical (unpaired) electrons. The Labute approximate surface area is 116 Å². The van der Waals surface area contributed by atoms with Crippen molar-refractivity contribution in [2.75, 3.05) is 13.1 Å². The molecule has 1 aliphatic rings. The van der Waals surface area contributed by atoms with E-state index in [1.54, 1.807) is 0 Å². The Morgan fingerprint density at radius 2 is 2.30 bits per heavy atom. The van der Waals surface area contributed by atoms with E-state index in [1.807, 2.05) is 0 Å². The molecule has 110 valence electrons. The quantitative estimate of drug-likeness (QED) is 0.839. The smallest absolute Gasteiger partial charge is 0.326 e. The summed E-state index contributed by atoms with van der Waals surface area (Å²) in [5.74, 6) is -0.505. The number of hydrogen-bond acceptors (Lipinski definition) is 5. The van der Waals surface area contributed by atoms with Crippen molar-refractivity contribution < 1.29 is 19.2 Å². The van der Waals surface area contributed by atoms with Crippen molar-refractivity contribution in [1.29, 1.82) is 0 Å². The maximum Gasteiger partial charge on any atom is 0.326 e. The molecule has 2 N–H and O–H groups in total. The molecule has 1 atom stereocenters. The van der Waals surface area contributed by atoms with Crippen molar-refractivity contribution in [3.05, 3.63) is 12.2 Å². The number of hydrogen-bond donors (Lipinski definition) is 2. The standard InChI is InChI=1S/C12H18N4O4/c17-11(18)9-4-2-1-3-7-16(9)12(19)13-6-5-10-14-8-15-20-10/h8-9H,1-7H2,(H,13,19)(H,17,18).